The molecular formula is C13H17F3N4O. The minimum absolute atomic E-state index is 0.120. The lowest BCUT2D eigenvalue weighted by atomic mass is 10.0. The summed E-state index contributed by atoms with van der Waals surface area (Å²) in [5, 5.41) is 12.8. The van der Waals surface area contributed by atoms with Gasteiger partial charge in [-0.05, 0) is 18.8 Å². The zero-order valence-electron chi connectivity index (χ0n) is 11.4. The molecule has 1 saturated heterocycles. The summed E-state index contributed by atoms with van der Waals surface area (Å²) in [5.74, 6) is 1.68. The summed E-state index contributed by atoms with van der Waals surface area (Å²) in [4.78, 5) is 9.51. The smallest absolute Gasteiger partial charge is 0.379 e. The van der Waals surface area contributed by atoms with E-state index in [1.54, 1.807) is 6.07 Å². The first-order valence-electron chi connectivity index (χ1n) is 6.97. The van der Waals surface area contributed by atoms with Gasteiger partial charge in [-0.1, -0.05) is 0 Å². The molecule has 0 radical (unpaired) electrons. The molecule has 0 aromatic carbocycles. The van der Waals surface area contributed by atoms with Gasteiger partial charge in [-0.25, -0.2) is 9.97 Å². The Bertz CT molecular complexity index is 520. The second kappa shape index (κ2) is 5.01. The first-order chi connectivity index (χ1) is 9.87. The molecule has 1 aromatic rings. The highest BCUT2D eigenvalue weighted by Gasteiger charge is 2.57. The van der Waals surface area contributed by atoms with Gasteiger partial charge < -0.3 is 15.3 Å². The number of rotatable bonds is 4. The average Bonchev–Trinajstić information content (AvgIpc) is 3.17. The quantitative estimate of drug-likeness (QED) is 0.888. The zero-order chi connectivity index (χ0) is 15.1. The highest BCUT2D eigenvalue weighted by molar-refractivity contribution is 5.49. The minimum atomic E-state index is -4.62. The van der Waals surface area contributed by atoms with Crippen molar-refractivity contribution in [3.8, 4) is 0 Å². The fourth-order valence-electron chi connectivity index (χ4n) is 2.41. The maximum absolute atomic E-state index is 12.8. The van der Waals surface area contributed by atoms with E-state index in [-0.39, 0.29) is 13.0 Å². The zero-order valence-corrected chi connectivity index (χ0v) is 11.4. The van der Waals surface area contributed by atoms with Crippen LogP contribution in [0, 0.1) is 5.92 Å². The van der Waals surface area contributed by atoms with E-state index in [0.717, 1.165) is 6.54 Å². The number of hydrogen-bond acceptors (Lipinski definition) is 5. The van der Waals surface area contributed by atoms with Crippen molar-refractivity contribution >= 4 is 11.6 Å². The monoisotopic (exact) mass is 302 g/mol. The fraction of sp³-hybridized carbons (Fsp3) is 0.692. The van der Waals surface area contributed by atoms with E-state index < -0.39 is 18.3 Å². The molecule has 1 aliphatic carbocycles. The summed E-state index contributed by atoms with van der Waals surface area (Å²) in [5.41, 5.74) is -2.65. The van der Waals surface area contributed by atoms with E-state index in [1.807, 2.05) is 0 Å². The van der Waals surface area contributed by atoms with Crippen LogP contribution in [0.2, 0.25) is 0 Å². The average molecular weight is 302 g/mol. The highest BCUT2D eigenvalue weighted by Crippen LogP contribution is 2.39. The number of β-amino-alcohol motifs (C(OH)–C–C–N with tert-alkyl or cyclic N) is 1. The van der Waals surface area contributed by atoms with Crippen LogP contribution in [-0.4, -0.2) is 46.5 Å². The van der Waals surface area contributed by atoms with Crippen molar-refractivity contribution in [1.82, 2.24) is 9.97 Å². The van der Waals surface area contributed by atoms with Gasteiger partial charge in [0.1, 0.15) is 18.0 Å². The highest BCUT2D eigenvalue weighted by atomic mass is 19.4. The number of halogens is 3. The van der Waals surface area contributed by atoms with Gasteiger partial charge in [0.15, 0.2) is 5.60 Å². The Kier molecular flexibility index (Phi) is 3.43. The van der Waals surface area contributed by atoms with E-state index in [9.17, 15) is 18.3 Å². The van der Waals surface area contributed by atoms with Crippen LogP contribution in [0.15, 0.2) is 12.4 Å². The summed E-state index contributed by atoms with van der Waals surface area (Å²) in [6.45, 7) is 0.452. The molecule has 1 saturated carbocycles. The van der Waals surface area contributed by atoms with Crippen LogP contribution in [-0.2, 0) is 0 Å². The summed E-state index contributed by atoms with van der Waals surface area (Å²) in [6.07, 6.45) is -1.23. The van der Waals surface area contributed by atoms with Crippen LogP contribution < -0.4 is 10.2 Å². The predicted molar refractivity (Wildman–Crippen MR) is 71.1 cm³/mol. The molecule has 116 valence electrons. The topological polar surface area (TPSA) is 61.3 Å². The summed E-state index contributed by atoms with van der Waals surface area (Å²) in [6, 6.07) is 1.63. The lowest BCUT2D eigenvalue weighted by Gasteiger charge is -2.26. The third-order valence-electron chi connectivity index (χ3n) is 4.02. The summed E-state index contributed by atoms with van der Waals surface area (Å²) >= 11 is 0. The molecule has 2 heterocycles. The molecule has 5 nitrogen and oxygen atoms in total. The number of anilines is 2. The molecule has 1 aromatic heterocycles. The van der Waals surface area contributed by atoms with Crippen LogP contribution in [0.1, 0.15) is 19.3 Å². The molecule has 0 spiro atoms. The van der Waals surface area contributed by atoms with E-state index >= 15 is 0 Å². The van der Waals surface area contributed by atoms with E-state index in [2.05, 4.69) is 15.3 Å². The van der Waals surface area contributed by atoms with E-state index in [0.29, 0.717) is 17.6 Å². The second-order valence-corrected chi connectivity index (χ2v) is 5.79. The minimum Gasteiger partial charge on any atom is -0.379 e. The maximum atomic E-state index is 12.8. The molecule has 3 rings (SSSR count). The van der Waals surface area contributed by atoms with Crippen molar-refractivity contribution in [2.75, 3.05) is 29.9 Å². The van der Waals surface area contributed by atoms with Crippen molar-refractivity contribution < 1.29 is 18.3 Å². The molecule has 1 atom stereocenters. The van der Waals surface area contributed by atoms with Crippen molar-refractivity contribution in [1.29, 1.82) is 0 Å². The largest absolute Gasteiger partial charge is 0.418 e. The molecule has 0 unspecified atom stereocenters. The number of nitrogens with one attached hydrogen (secondary N) is 1. The fourth-order valence-corrected chi connectivity index (χ4v) is 2.41. The van der Waals surface area contributed by atoms with Gasteiger partial charge in [-0.2, -0.15) is 13.2 Å². The van der Waals surface area contributed by atoms with Gasteiger partial charge in [-0.15, -0.1) is 0 Å². The molecule has 21 heavy (non-hydrogen) atoms. The van der Waals surface area contributed by atoms with E-state index in [1.165, 1.54) is 24.1 Å². The molecule has 2 N–H and O–H groups in total. The third-order valence-corrected chi connectivity index (χ3v) is 4.02. The molecule has 2 fully saturated rings. The van der Waals surface area contributed by atoms with Crippen molar-refractivity contribution in [2.45, 2.75) is 31.0 Å². The molecule has 1 aliphatic heterocycles. The van der Waals surface area contributed by atoms with Gasteiger partial charge in [0.2, 0.25) is 0 Å². The Morgan fingerprint density at radius 1 is 1.38 bits per heavy atom. The van der Waals surface area contributed by atoms with Crippen LogP contribution in [0.3, 0.4) is 0 Å². The normalized spacial score (nSPS) is 26.2. The lowest BCUT2D eigenvalue weighted by molar-refractivity contribution is -0.250. The lowest BCUT2D eigenvalue weighted by Crippen LogP contribution is -2.47. The Morgan fingerprint density at radius 3 is 2.76 bits per heavy atom. The van der Waals surface area contributed by atoms with Gasteiger partial charge in [0.05, 0.1) is 6.54 Å². The first-order valence-corrected chi connectivity index (χ1v) is 6.97. The summed E-state index contributed by atoms with van der Waals surface area (Å²) < 4.78 is 38.4. The van der Waals surface area contributed by atoms with Crippen molar-refractivity contribution in [2.24, 2.45) is 5.92 Å². The number of hydrogen-bond donors (Lipinski definition) is 2. The van der Waals surface area contributed by atoms with Crippen LogP contribution >= 0.6 is 0 Å². The van der Waals surface area contributed by atoms with E-state index in [4.69, 9.17) is 0 Å². The number of nitrogens with zero attached hydrogens (tertiary/aromatic N) is 3. The first kappa shape index (κ1) is 14.4. The number of aliphatic hydroxyl groups is 1. The maximum Gasteiger partial charge on any atom is 0.418 e. The van der Waals surface area contributed by atoms with Gasteiger partial charge in [0.25, 0.3) is 0 Å². The Balaban J connectivity index is 1.68. The SMILES string of the molecule is O[C@@]1(C(F)(F)F)CCN(c2cc(NCC3CC3)ncn2)C1. The molecule has 2 aliphatic rings. The van der Waals surface area contributed by atoms with Crippen LogP contribution in [0.4, 0.5) is 24.8 Å². The summed E-state index contributed by atoms with van der Waals surface area (Å²) in [7, 11) is 0. The molecule has 8 heteroatoms. The van der Waals surface area contributed by atoms with Gasteiger partial charge in [-0.3, -0.25) is 0 Å². The molecule has 0 amide bonds. The van der Waals surface area contributed by atoms with Crippen LogP contribution in [0.25, 0.3) is 0 Å². The predicted octanol–water partition coefficient (Wildman–Crippen LogP) is 1.80. The van der Waals surface area contributed by atoms with Crippen molar-refractivity contribution in [3.05, 3.63) is 12.4 Å². The van der Waals surface area contributed by atoms with Gasteiger partial charge >= 0.3 is 6.18 Å². The second-order valence-electron chi connectivity index (χ2n) is 5.79. The standard InChI is InChI=1S/C13H17F3N4O/c14-13(15,16)12(21)3-4-20(7-12)11-5-10(18-8-19-11)17-6-9-1-2-9/h5,8-9,21H,1-4,6-7H2,(H,17,18,19)/t12-/m0/s1. The van der Waals surface area contributed by atoms with Crippen molar-refractivity contribution in [3.63, 3.8) is 0 Å². The third kappa shape index (κ3) is 3.04. The number of alkyl halides is 3. The Labute approximate surface area is 120 Å². The Morgan fingerprint density at radius 2 is 2.14 bits per heavy atom. The van der Waals surface area contributed by atoms with Crippen LogP contribution in [0.5, 0.6) is 0 Å². The number of aromatic nitrogens is 2. The molecular weight excluding hydrogens is 285 g/mol. The van der Waals surface area contributed by atoms with Gasteiger partial charge in [0, 0.05) is 25.6 Å². The Hall–Kier alpha value is -1.57. The molecule has 0 bridgehead atoms.